The van der Waals surface area contributed by atoms with E-state index in [1.165, 1.54) is 15.2 Å². The maximum Gasteiger partial charge on any atom is 0.333 e. The molecular weight excluding hydrogens is 514 g/mol. The van der Waals surface area contributed by atoms with E-state index in [0.29, 0.717) is 30.9 Å². The molecule has 1 aliphatic rings. The Labute approximate surface area is 231 Å². The van der Waals surface area contributed by atoms with Gasteiger partial charge in [0.2, 0.25) is 0 Å². The van der Waals surface area contributed by atoms with Crippen molar-refractivity contribution in [3.05, 3.63) is 118 Å². The molecule has 1 aromatic heterocycles. The van der Waals surface area contributed by atoms with Crippen LogP contribution in [0.15, 0.2) is 90.0 Å². The molecule has 0 aliphatic carbocycles. The lowest BCUT2D eigenvalue weighted by Gasteiger charge is -2.39. The molecule has 1 fully saturated rings. The van der Waals surface area contributed by atoms with Crippen molar-refractivity contribution in [1.29, 1.82) is 0 Å². The molecule has 0 spiro atoms. The van der Waals surface area contributed by atoms with E-state index in [1.807, 2.05) is 61.5 Å². The van der Waals surface area contributed by atoms with Gasteiger partial charge in [-0.3, -0.25) is 14.0 Å². The Balaban J connectivity index is 1.27. The van der Waals surface area contributed by atoms with Gasteiger partial charge in [-0.2, -0.15) is 0 Å². The summed E-state index contributed by atoms with van der Waals surface area (Å²) in [5.41, 5.74) is 2.89. The normalized spacial score (nSPS) is 15.6. The highest BCUT2D eigenvalue weighted by atomic mass is 19.2. The largest absolute Gasteiger partial charge is 0.465 e. The zero-order valence-electron chi connectivity index (χ0n) is 22.5. The lowest BCUT2D eigenvalue weighted by Crippen LogP contribution is -2.49. The van der Waals surface area contributed by atoms with Crippen LogP contribution >= 0.6 is 0 Å². The van der Waals surface area contributed by atoms with Crippen molar-refractivity contribution < 1.29 is 18.3 Å². The molecular formula is C31H32F2N4O3. The SMILES string of the molecule is CCOC(=O)C(c1ccccc1)N1CCN(c2ccc(-n3ccn(C(C)c4ccc(F)c(F)c4)c3=O)cc2)CC1. The number of esters is 1. The molecule has 9 heteroatoms. The van der Waals surface area contributed by atoms with E-state index in [2.05, 4.69) is 9.80 Å². The molecule has 0 saturated carbocycles. The van der Waals surface area contributed by atoms with Crippen LogP contribution in [0.25, 0.3) is 5.69 Å². The fourth-order valence-corrected chi connectivity index (χ4v) is 5.23. The maximum atomic E-state index is 13.7. The number of nitrogens with zero attached hydrogens (tertiary/aromatic N) is 4. The first-order chi connectivity index (χ1) is 19.4. The molecule has 7 nitrogen and oxygen atoms in total. The number of benzene rings is 3. The van der Waals surface area contributed by atoms with Crippen molar-refractivity contribution in [3.8, 4) is 5.69 Å². The van der Waals surface area contributed by atoms with E-state index in [4.69, 9.17) is 4.74 Å². The summed E-state index contributed by atoms with van der Waals surface area (Å²) in [4.78, 5) is 30.4. The standard InChI is InChI=1S/C31H32F2N4O3/c1-3-40-30(38)29(23-7-5-4-6-8-23)35-17-15-34(16-18-35)25-10-12-26(13-11-25)37-20-19-36(31(37)39)22(2)24-9-14-27(32)28(33)21-24/h4-14,19-22,29H,3,15-18H2,1-2H3. The summed E-state index contributed by atoms with van der Waals surface area (Å²) in [6, 6.07) is 20.2. The van der Waals surface area contributed by atoms with E-state index in [9.17, 15) is 18.4 Å². The molecule has 3 aromatic carbocycles. The molecule has 0 radical (unpaired) electrons. The van der Waals surface area contributed by atoms with Crippen molar-refractivity contribution in [2.75, 3.05) is 37.7 Å². The number of carbonyl (C=O) groups excluding carboxylic acids is 1. The molecule has 0 bridgehead atoms. The van der Waals surface area contributed by atoms with Gasteiger partial charge in [-0.15, -0.1) is 0 Å². The summed E-state index contributed by atoms with van der Waals surface area (Å²) in [6.45, 7) is 6.80. The fraction of sp³-hybridized carbons (Fsp3) is 0.290. The first-order valence-corrected chi connectivity index (χ1v) is 13.4. The highest BCUT2D eigenvalue weighted by molar-refractivity contribution is 5.77. The van der Waals surface area contributed by atoms with E-state index < -0.39 is 23.7 Å². The van der Waals surface area contributed by atoms with Crippen molar-refractivity contribution in [3.63, 3.8) is 0 Å². The van der Waals surface area contributed by atoms with Crippen LogP contribution in [0, 0.1) is 11.6 Å². The molecule has 2 atom stereocenters. The average molecular weight is 547 g/mol. The van der Waals surface area contributed by atoms with Crippen LogP contribution in [0.1, 0.15) is 37.1 Å². The van der Waals surface area contributed by atoms with Crippen molar-refractivity contribution >= 4 is 11.7 Å². The van der Waals surface area contributed by atoms with Gasteiger partial charge in [0, 0.05) is 44.3 Å². The molecule has 0 amide bonds. The molecule has 2 heterocycles. The summed E-state index contributed by atoms with van der Waals surface area (Å²) in [7, 11) is 0. The minimum absolute atomic E-state index is 0.234. The highest BCUT2D eigenvalue weighted by Crippen LogP contribution is 2.26. The number of imidazole rings is 1. The monoisotopic (exact) mass is 546 g/mol. The Morgan fingerprint density at radius 2 is 1.52 bits per heavy atom. The van der Waals surface area contributed by atoms with Gasteiger partial charge < -0.3 is 9.64 Å². The van der Waals surface area contributed by atoms with Gasteiger partial charge in [0.05, 0.1) is 18.3 Å². The Hall–Kier alpha value is -4.24. The van der Waals surface area contributed by atoms with Crippen LogP contribution in [-0.4, -0.2) is 52.8 Å². The van der Waals surface area contributed by atoms with E-state index in [1.54, 1.807) is 19.3 Å². The Morgan fingerprint density at radius 1 is 0.850 bits per heavy atom. The Bertz CT molecular complexity index is 1510. The number of rotatable bonds is 8. The van der Waals surface area contributed by atoms with Crippen molar-refractivity contribution in [2.45, 2.75) is 25.9 Å². The van der Waals surface area contributed by atoms with Crippen LogP contribution < -0.4 is 10.6 Å². The van der Waals surface area contributed by atoms with E-state index >= 15 is 0 Å². The molecule has 0 N–H and O–H groups in total. The first kappa shape index (κ1) is 27.3. The Morgan fingerprint density at radius 3 is 2.17 bits per heavy atom. The number of hydrogen-bond acceptors (Lipinski definition) is 5. The van der Waals surface area contributed by atoms with Crippen LogP contribution in [0.3, 0.4) is 0 Å². The van der Waals surface area contributed by atoms with Crippen LogP contribution in [0.5, 0.6) is 0 Å². The number of halogens is 2. The summed E-state index contributed by atoms with van der Waals surface area (Å²) in [5.74, 6) is -2.09. The first-order valence-electron chi connectivity index (χ1n) is 13.4. The number of aromatic nitrogens is 2. The second-order valence-electron chi connectivity index (χ2n) is 9.81. The van der Waals surface area contributed by atoms with Gasteiger partial charge in [0.25, 0.3) is 0 Å². The minimum Gasteiger partial charge on any atom is -0.465 e. The average Bonchev–Trinajstić information content (AvgIpc) is 3.36. The van der Waals surface area contributed by atoms with Crippen LogP contribution in [0.2, 0.25) is 0 Å². The van der Waals surface area contributed by atoms with Gasteiger partial charge in [0.15, 0.2) is 11.6 Å². The third-order valence-corrected chi connectivity index (χ3v) is 7.44. The smallest absolute Gasteiger partial charge is 0.333 e. The van der Waals surface area contributed by atoms with Gasteiger partial charge >= 0.3 is 11.7 Å². The molecule has 208 valence electrons. The molecule has 40 heavy (non-hydrogen) atoms. The third-order valence-electron chi connectivity index (χ3n) is 7.44. The van der Waals surface area contributed by atoms with Gasteiger partial charge in [-0.25, -0.2) is 18.4 Å². The van der Waals surface area contributed by atoms with Crippen molar-refractivity contribution in [1.82, 2.24) is 14.0 Å². The lowest BCUT2D eigenvalue weighted by molar-refractivity contribution is -0.150. The van der Waals surface area contributed by atoms with Crippen LogP contribution in [0.4, 0.5) is 14.5 Å². The van der Waals surface area contributed by atoms with E-state index in [0.717, 1.165) is 36.5 Å². The Kier molecular flexibility index (Phi) is 8.11. The molecule has 5 rings (SSSR count). The number of anilines is 1. The molecule has 4 aromatic rings. The zero-order valence-corrected chi connectivity index (χ0v) is 22.5. The van der Waals surface area contributed by atoms with Gasteiger partial charge in [0.1, 0.15) is 6.04 Å². The second-order valence-corrected chi connectivity index (χ2v) is 9.81. The number of carbonyl (C=O) groups is 1. The molecule has 1 saturated heterocycles. The minimum atomic E-state index is -0.940. The van der Waals surface area contributed by atoms with Gasteiger partial charge in [-0.1, -0.05) is 36.4 Å². The predicted octanol–water partition coefficient (Wildman–Crippen LogP) is 4.95. The zero-order chi connectivity index (χ0) is 28.2. The number of piperazine rings is 1. The summed E-state index contributed by atoms with van der Waals surface area (Å²) in [5, 5.41) is 0. The molecule has 1 aliphatic heterocycles. The second kappa shape index (κ2) is 11.9. The topological polar surface area (TPSA) is 59.7 Å². The summed E-state index contributed by atoms with van der Waals surface area (Å²) >= 11 is 0. The third kappa shape index (κ3) is 5.56. The fourth-order valence-electron chi connectivity index (χ4n) is 5.23. The quantitative estimate of drug-likeness (QED) is 0.293. The van der Waals surface area contributed by atoms with Crippen LogP contribution in [-0.2, 0) is 9.53 Å². The summed E-state index contributed by atoms with van der Waals surface area (Å²) in [6.07, 6.45) is 3.32. The number of hydrogen-bond donors (Lipinski definition) is 0. The van der Waals surface area contributed by atoms with Crippen molar-refractivity contribution in [2.24, 2.45) is 0 Å². The summed E-state index contributed by atoms with van der Waals surface area (Å²) < 4.78 is 35.5. The van der Waals surface area contributed by atoms with E-state index in [-0.39, 0.29) is 11.7 Å². The predicted molar refractivity (Wildman–Crippen MR) is 150 cm³/mol. The maximum absolute atomic E-state index is 13.7. The lowest BCUT2D eigenvalue weighted by atomic mass is 10.0. The highest BCUT2D eigenvalue weighted by Gasteiger charge is 2.31. The number of ether oxygens (including phenoxy) is 1. The molecule has 2 unspecified atom stereocenters. The van der Waals surface area contributed by atoms with Gasteiger partial charge in [-0.05, 0) is 61.4 Å².